The number of halogens is 3. The molecular weight excluding hydrogens is 239 g/mol. The zero-order chi connectivity index (χ0) is 13.2. The van der Waals surface area contributed by atoms with Crippen molar-refractivity contribution in [3.05, 3.63) is 0 Å². The number of hydrogen-bond acceptors (Lipinski definition) is 1. The van der Waals surface area contributed by atoms with E-state index >= 15 is 0 Å². The molecule has 106 valence electrons. The molecule has 0 radical (unpaired) electrons. The lowest BCUT2D eigenvalue weighted by atomic mass is 9.85. The molecule has 0 bridgehead atoms. The van der Waals surface area contributed by atoms with Gasteiger partial charge in [0.15, 0.2) is 0 Å². The molecule has 0 heterocycles. The summed E-state index contributed by atoms with van der Waals surface area (Å²) in [5, 5.41) is 3.39. The third-order valence-corrected chi connectivity index (χ3v) is 4.64. The highest BCUT2D eigenvalue weighted by Crippen LogP contribution is 2.37. The van der Waals surface area contributed by atoms with Gasteiger partial charge in [-0.3, -0.25) is 0 Å². The van der Waals surface area contributed by atoms with E-state index in [0.29, 0.717) is 18.8 Å². The minimum absolute atomic E-state index is 0.0845. The standard InChI is InChI=1S/C14H24F3N/c1-10-5-6-11(7-10)9-18-13-4-2-3-12(8-13)14(15,16)17/h10-13,18H,2-9H2,1H3. The lowest BCUT2D eigenvalue weighted by Crippen LogP contribution is -2.40. The molecule has 2 saturated carbocycles. The van der Waals surface area contributed by atoms with Crippen molar-refractivity contribution in [2.75, 3.05) is 6.54 Å². The molecule has 2 aliphatic carbocycles. The van der Waals surface area contributed by atoms with Crippen LogP contribution in [-0.4, -0.2) is 18.8 Å². The van der Waals surface area contributed by atoms with Crippen LogP contribution in [0.3, 0.4) is 0 Å². The molecule has 4 heteroatoms. The third-order valence-electron chi connectivity index (χ3n) is 4.64. The van der Waals surface area contributed by atoms with Crippen molar-refractivity contribution in [2.24, 2.45) is 17.8 Å². The normalized spacial score (nSPS) is 38.0. The summed E-state index contributed by atoms with van der Waals surface area (Å²) in [6.07, 6.45) is 1.99. The first-order chi connectivity index (χ1) is 8.45. The Labute approximate surface area is 108 Å². The Morgan fingerprint density at radius 2 is 1.83 bits per heavy atom. The van der Waals surface area contributed by atoms with Crippen LogP contribution in [0.1, 0.15) is 51.9 Å². The summed E-state index contributed by atoms with van der Waals surface area (Å²) in [6, 6.07) is 0.0845. The second kappa shape index (κ2) is 5.81. The Balaban J connectivity index is 1.73. The van der Waals surface area contributed by atoms with Crippen LogP contribution in [0.15, 0.2) is 0 Å². The van der Waals surface area contributed by atoms with E-state index < -0.39 is 12.1 Å². The van der Waals surface area contributed by atoms with E-state index in [9.17, 15) is 13.2 Å². The van der Waals surface area contributed by atoms with Crippen LogP contribution in [0, 0.1) is 17.8 Å². The smallest absolute Gasteiger partial charge is 0.314 e. The Hall–Kier alpha value is -0.250. The second-order valence-electron chi connectivity index (χ2n) is 6.29. The van der Waals surface area contributed by atoms with Gasteiger partial charge in [0.1, 0.15) is 0 Å². The number of hydrogen-bond donors (Lipinski definition) is 1. The minimum atomic E-state index is -4.00. The van der Waals surface area contributed by atoms with Crippen LogP contribution in [0.25, 0.3) is 0 Å². The van der Waals surface area contributed by atoms with Crippen molar-refractivity contribution < 1.29 is 13.2 Å². The van der Waals surface area contributed by atoms with Gasteiger partial charge in [-0.1, -0.05) is 19.8 Å². The fourth-order valence-corrected chi connectivity index (χ4v) is 3.52. The van der Waals surface area contributed by atoms with Crippen LogP contribution in [0.5, 0.6) is 0 Å². The third kappa shape index (κ3) is 3.87. The highest BCUT2D eigenvalue weighted by Gasteiger charge is 2.42. The lowest BCUT2D eigenvalue weighted by molar-refractivity contribution is -0.183. The molecule has 0 spiro atoms. The highest BCUT2D eigenvalue weighted by molar-refractivity contribution is 4.83. The largest absolute Gasteiger partial charge is 0.391 e. The van der Waals surface area contributed by atoms with Crippen molar-refractivity contribution in [1.29, 1.82) is 0 Å². The summed E-state index contributed by atoms with van der Waals surface area (Å²) in [7, 11) is 0. The Morgan fingerprint density at radius 3 is 2.44 bits per heavy atom. The number of alkyl halides is 3. The first kappa shape index (κ1) is 14.2. The van der Waals surface area contributed by atoms with Crippen LogP contribution in [0.2, 0.25) is 0 Å². The highest BCUT2D eigenvalue weighted by atomic mass is 19.4. The average molecular weight is 263 g/mol. The maximum absolute atomic E-state index is 12.7. The molecule has 4 unspecified atom stereocenters. The van der Waals surface area contributed by atoms with E-state index in [1.807, 2.05) is 0 Å². The van der Waals surface area contributed by atoms with Crippen LogP contribution >= 0.6 is 0 Å². The molecule has 4 atom stereocenters. The number of nitrogens with one attached hydrogen (secondary N) is 1. The first-order valence-electron chi connectivity index (χ1n) is 7.25. The summed E-state index contributed by atoms with van der Waals surface area (Å²) in [5.41, 5.74) is 0. The molecule has 1 nitrogen and oxygen atoms in total. The molecular formula is C14H24F3N. The van der Waals surface area contributed by atoms with Crippen molar-refractivity contribution in [3.63, 3.8) is 0 Å². The van der Waals surface area contributed by atoms with Crippen LogP contribution < -0.4 is 5.32 Å². The van der Waals surface area contributed by atoms with Gasteiger partial charge in [0.2, 0.25) is 0 Å². The summed E-state index contributed by atoms with van der Waals surface area (Å²) >= 11 is 0. The predicted molar refractivity (Wildman–Crippen MR) is 66.3 cm³/mol. The molecule has 18 heavy (non-hydrogen) atoms. The topological polar surface area (TPSA) is 12.0 Å². The van der Waals surface area contributed by atoms with Crippen molar-refractivity contribution in [3.8, 4) is 0 Å². The maximum Gasteiger partial charge on any atom is 0.391 e. The molecule has 1 N–H and O–H groups in total. The molecule has 0 aromatic rings. The predicted octanol–water partition coefficient (Wildman–Crippen LogP) is 4.13. The molecule has 2 rings (SSSR count). The first-order valence-corrected chi connectivity index (χ1v) is 7.25. The van der Waals surface area contributed by atoms with Gasteiger partial charge in [-0.25, -0.2) is 0 Å². The molecule has 2 aliphatic rings. The lowest BCUT2D eigenvalue weighted by Gasteiger charge is -2.31. The van der Waals surface area contributed by atoms with Gasteiger partial charge >= 0.3 is 6.18 Å². The van der Waals surface area contributed by atoms with Gasteiger partial charge in [-0.15, -0.1) is 0 Å². The zero-order valence-electron chi connectivity index (χ0n) is 11.1. The molecule has 0 aromatic carbocycles. The summed E-state index contributed by atoms with van der Waals surface area (Å²) in [4.78, 5) is 0. The van der Waals surface area contributed by atoms with Crippen LogP contribution in [-0.2, 0) is 0 Å². The van der Waals surface area contributed by atoms with Gasteiger partial charge in [-0.05, 0) is 50.5 Å². The van der Waals surface area contributed by atoms with Crippen molar-refractivity contribution in [1.82, 2.24) is 5.32 Å². The average Bonchev–Trinajstić information content (AvgIpc) is 2.72. The van der Waals surface area contributed by atoms with E-state index in [1.165, 1.54) is 19.3 Å². The van der Waals surface area contributed by atoms with E-state index in [1.54, 1.807) is 0 Å². The second-order valence-corrected chi connectivity index (χ2v) is 6.29. The van der Waals surface area contributed by atoms with Gasteiger partial charge in [0.05, 0.1) is 5.92 Å². The van der Waals surface area contributed by atoms with Crippen LogP contribution in [0.4, 0.5) is 13.2 Å². The SMILES string of the molecule is CC1CCC(CNC2CCCC(C(F)(F)F)C2)C1. The maximum atomic E-state index is 12.7. The number of rotatable bonds is 3. The van der Waals surface area contributed by atoms with Crippen molar-refractivity contribution >= 4 is 0 Å². The molecule has 0 amide bonds. The minimum Gasteiger partial charge on any atom is -0.314 e. The Morgan fingerprint density at radius 1 is 1.06 bits per heavy atom. The monoisotopic (exact) mass is 263 g/mol. The molecule has 0 aromatic heterocycles. The summed E-state index contributed by atoms with van der Waals surface area (Å²) in [5.74, 6) is 0.406. The van der Waals surface area contributed by atoms with E-state index in [-0.39, 0.29) is 12.5 Å². The Kier molecular flexibility index (Phi) is 4.57. The van der Waals surface area contributed by atoms with Gasteiger partial charge in [-0.2, -0.15) is 13.2 Å². The summed E-state index contributed by atoms with van der Waals surface area (Å²) in [6.45, 7) is 3.18. The van der Waals surface area contributed by atoms with Gasteiger partial charge < -0.3 is 5.32 Å². The fourth-order valence-electron chi connectivity index (χ4n) is 3.52. The molecule has 0 aliphatic heterocycles. The van der Waals surface area contributed by atoms with Gasteiger partial charge in [0, 0.05) is 6.04 Å². The quantitative estimate of drug-likeness (QED) is 0.807. The molecule has 2 fully saturated rings. The summed E-state index contributed by atoms with van der Waals surface area (Å²) < 4.78 is 38.0. The van der Waals surface area contributed by atoms with E-state index in [2.05, 4.69) is 12.2 Å². The van der Waals surface area contributed by atoms with Crippen molar-refractivity contribution in [2.45, 2.75) is 64.1 Å². The zero-order valence-corrected chi connectivity index (χ0v) is 11.1. The fraction of sp³-hybridized carbons (Fsp3) is 1.00. The van der Waals surface area contributed by atoms with E-state index in [4.69, 9.17) is 0 Å². The van der Waals surface area contributed by atoms with Gasteiger partial charge in [0.25, 0.3) is 0 Å². The van der Waals surface area contributed by atoms with E-state index in [0.717, 1.165) is 18.9 Å². The molecule has 0 saturated heterocycles. The Bertz CT molecular complexity index is 264.